The lowest BCUT2D eigenvalue weighted by atomic mass is 9.82. The zero-order chi connectivity index (χ0) is 45.2. The highest BCUT2D eigenvalue weighted by Gasteiger charge is 2.30. The monoisotopic (exact) mass is 892 g/mol. The molecule has 10 rings (SSSR count). The van der Waals surface area contributed by atoms with Gasteiger partial charge in [-0.1, -0.05) is 75.7 Å². The van der Waals surface area contributed by atoms with Crippen LogP contribution in [0.15, 0.2) is 94.6 Å². The summed E-state index contributed by atoms with van der Waals surface area (Å²) in [5.74, 6) is 0.739. The lowest BCUT2D eigenvalue weighted by Crippen LogP contribution is -2.28. The Morgan fingerprint density at radius 3 is 1.35 bits per heavy atom. The average Bonchev–Trinajstić information content (AvgIpc) is 4.18. The van der Waals surface area contributed by atoms with E-state index in [1.165, 1.54) is 49.7 Å². The van der Waals surface area contributed by atoms with Crippen LogP contribution in [-0.2, 0) is 22.7 Å². The van der Waals surface area contributed by atoms with E-state index < -0.39 is 0 Å². The predicted octanol–water partition coefficient (Wildman–Crippen LogP) is 10.5. The number of carbonyl (C=O) groups is 4. The van der Waals surface area contributed by atoms with Crippen molar-refractivity contribution in [3.05, 3.63) is 108 Å². The molecule has 6 aromatic rings. The van der Waals surface area contributed by atoms with E-state index in [0.29, 0.717) is 49.1 Å². The van der Waals surface area contributed by atoms with E-state index in [0.717, 1.165) is 109 Å². The molecule has 4 N–H and O–H groups in total. The van der Waals surface area contributed by atoms with Gasteiger partial charge in [0.15, 0.2) is 0 Å². The molecular formula is C54H64N6O6. The summed E-state index contributed by atoms with van der Waals surface area (Å²) in [5.41, 5.74) is 9.80. The lowest BCUT2D eigenvalue weighted by molar-refractivity contribution is -0.122. The van der Waals surface area contributed by atoms with Crippen molar-refractivity contribution in [1.82, 2.24) is 30.4 Å². The van der Waals surface area contributed by atoms with Crippen molar-refractivity contribution in [1.29, 1.82) is 0 Å². The molecule has 4 aromatic heterocycles. The zero-order valence-corrected chi connectivity index (χ0v) is 38.1. The molecule has 0 radical (unpaired) electrons. The minimum atomic E-state index is -0.0820. The minimum absolute atomic E-state index is 0.0107. The summed E-state index contributed by atoms with van der Waals surface area (Å²) >= 11 is 0. The topological polar surface area (TPSA) is 153 Å². The molecule has 12 heteroatoms. The van der Waals surface area contributed by atoms with Crippen molar-refractivity contribution >= 4 is 45.4 Å². The quantitative estimate of drug-likeness (QED) is 0.129. The molecule has 0 saturated heterocycles. The maximum atomic E-state index is 13.0. The number of rotatable bonds is 4. The van der Waals surface area contributed by atoms with Gasteiger partial charge in [0.25, 0.3) is 11.8 Å². The molecule has 2 saturated carbocycles. The second kappa shape index (κ2) is 21.3. The number of amides is 4. The molecule has 4 amide bonds. The molecule has 2 aliphatic carbocycles. The van der Waals surface area contributed by atoms with Gasteiger partial charge in [0, 0.05) is 59.2 Å². The highest BCUT2D eigenvalue weighted by atomic mass is 16.3. The first kappa shape index (κ1) is 44.9. The maximum Gasteiger partial charge on any atom is 0.251 e. The minimum Gasteiger partial charge on any atom is -0.472 e. The molecule has 2 fully saturated rings. The number of fused-ring (bicyclic) bond motifs is 2. The summed E-state index contributed by atoms with van der Waals surface area (Å²) in [6.45, 7) is 2.99. The molecule has 6 heterocycles. The summed E-state index contributed by atoms with van der Waals surface area (Å²) in [4.78, 5) is 51.7. The smallest absolute Gasteiger partial charge is 0.251 e. The number of furan rings is 2. The fourth-order valence-corrected chi connectivity index (χ4v) is 10.8. The Morgan fingerprint density at radius 1 is 0.455 bits per heavy atom. The zero-order valence-electron chi connectivity index (χ0n) is 38.1. The van der Waals surface area contributed by atoms with E-state index in [9.17, 15) is 19.2 Å². The fraction of sp³-hybridized carbons (Fsp3) is 0.444. The van der Waals surface area contributed by atoms with E-state index in [1.807, 2.05) is 42.5 Å². The average molecular weight is 893 g/mol. The summed E-state index contributed by atoms with van der Waals surface area (Å²) in [5, 5.41) is 14.5. The Kier molecular flexibility index (Phi) is 14.5. The van der Waals surface area contributed by atoms with Crippen LogP contribution in [-0.4, -0.2) is 58.9 Å². The highest BCUT2D eigenvalue weighted by Crippen LogP contribution is 2.46. The van der Waals surface area contributed by atoms with Crippen LogP contribution < -0.4 is 21.3 Å². The predicted molar refractivity (Wildman–Crippen MR) is 258 cm³/mol. The van der Waals surface area contributed by atoms with Crippen LogP contribution in [0.25, 0.3) is 44.3 Å². The number of hydrogen-bond donors (Lipinski definition) is 4. The van der Waals surface area contributed by atoms with Crippen molar-refractivity contribution in [2.45, 2.75) is 128 Å². The Bertz CT molecular complexity index is 2630. The molecule has 2 aliphatic heterocycles. The number of nitrogens with zero attached hydrogens (tertiary/aromatic N) is 2. The van der Waals surface area contributed by atoms with Gasteiger partial charge < -0.3 is 39.2 Å². The number of hydrogen-bond acceptors (Lipinski definition) is 6. The van der Waals surface area contributed by atoms with E-state index in [4.69, 9.17) is 8.83 Å². The first-order valence-corrected chi connectivity index (χ1v) is 24.6. The molecule has 4 aliphatic rings. The molecule has 2 aromatic carbocycles. The van der Waals surface area contributed by atoms with Gasteiger partial charge in [0.2, 0.25) is 11.8 Å². The van der Waals surface area contributed by atoms with E-state index in [1.54, 1.807) is 25.1 Å². The summed E-state index contributed by atoms with van der Waals surface area (Å²) in [7, 11) is 0. The Hall–Kier alpha value is -6.30. The third-order valence-corrected chi connectivity index (χ3v) is 14.1. The van der Waals surface area contributed by atoms with Gasteiger partial charge in [0.1, 0.15) is 13.1 Å². The molecule has 346 valence electrons. The number of nitrogens with one attached hydrogen (secondary N) is 4. The van der Waals surface area contributed by atoms with Crippen molar-refractivity contribution < 1.29 is 28.0 Å². The number of aromatic nitrogens is 2. The standard InChI is InChI=1S/C27H33N3O3.C27H31N3O3/c2*31-24-17-30-23-16-20(27(32)29-14-7-2-1-6-13-28-24)10-11-22(23)25(19-8-4-3-5-9-19)26(30)21-12-15-33-18-21/h10-12,15-16,18-19H,1-9,13-14,17H2,(H,28,31)(H,29,32);1-2,10-12,15-16,18-19H,3-9,13-14,17H2,(H,28,31)(H,29,32)/b;2-1-. The van der Waals surface area contributed by atoms with Gasteiger partial charge in [-0.2, -0.15) is 0 Å². The van der Waals surface area contributed by atoms with Gasteiger partial charge in [-0.15, -0.1) is 0 Å². The molecule has 4 bridgehead atoms. The molecule has 0 atom stereocenters. The van der Waals surface area contributed by atoms with Crippen LogP contribution in [0, 0.1) is 0 Å². The molecule has 66 heavy (non-hydrogen) atoms. The van der Waals surface area contributed by atoms with Gasteiger partial charge in [0.05, 0.1) is 47.5 Å². The van der Waals surface area contributed by atoms with Crippen molar-refractivity contribution in [2.75, 3.05) is 26.2 Å². The lowest BCUT2D eigenvalue weighted by Gasteiger charge is -2.23. The van der Waals surface area contributed by atoms with Crippen LogP contribution in [0.5, 0.6) is 0 Å². The summed E-state index contributed by atoms with van der Waals surface area (Å²) in [6, 6.07) is 15.9. The van der Waals surface area contributed by atoms with Gasteiger partial charge >= 0.3 is 0 Å². The van der Waals surface area contributed by atoms with Gasteiger partial charge in [-0.25, -0.2) is 0 Å². The first-order valence-electron chi connectivity index (χ1n) is 24.6. The second-order valence-electron chi connectivity index (χ2n) is 18.5. The molecular weight excluding hydrogens is 829 g/mol. The summed E-state index contributed by atoms with van der Waals surface area (Å²) in [6.07, 6.45) is 28.6. The second-order valence-corrected chi connectivity index (χ2v) is 18.5. The highest BCUT2D eigenvalue weighted by molar-refractivity contribution is 6.02. The van der Waals surface area contributed by atoms with Gasteiger partial charge in [-0.3, -0.25) is 19.2 Å². The first-order chi connectivity index (χ1) is 32.4. The van der Waals surface area contributed by atoms with Crippen molar-refractivity contribution in [3.63, 3.8) is 0 Å². The number of benzene rings is 2. The Balaban J connectivity index is 0.000000166. The summed E-state index contributed by atoms with van der Waals surface area (Å²) < 4.78 is 15.1. The van der Waals surface area contributed by atoms with Crippen molar-refractivity contribution in [3.8, 4) is 22.5 Å². The SMILES string of the molecule is O=C1Cn2c(-c3ccoc3)c(C3CCCCC3)c3ccc(cc32)C(=O)NCC/C=C\CCN1.O=C1Cn2c(-c3ccoc3)c(C3CCCCC3)c3ccc(cc32)C(=O)NCCCCCCN1. The van der Waals surface area contributed by atoms with E-state index >= 15 is 0 Å². The van der Waals surface area contributed by atoms with Crippen LogP contribution >= 0.6 is 0 Å². The van der Waals surface area contributed by atoms with Gasteiger partial charge in [-0.05, 0) is 111 Å². The Labute approximate surface area is 386 Å². The van der Waals surface area contributed by atoms with E-state index in [2.05, 4.69) is 48.6 Å². The molecule has 12 nitrogen and oxygen atoms in total. The molecule has 0 spiro atoms. The van der Waals surface area contributed by atoms with E-state index in [-0.39, 0.29) is 36.7 Å². The number of carbonyl (C=O) groups excluding carboxylic acids is 4. The van der Waals surface area contributed by atoms with Crippen LogP contribution in [0.2, 0.25) is 0 Å². The normalized spacial score (nSPS) is 19.4. The van der Waals surface area contributed by atoms with Crippen LogP contribution in [0.4, 0.5) is 0 Å². The molecule has 0 unspecified atom stereocenters. The largest absolute Gasteiger partial charge is 0.472 e. The third-order valence-electron chi connectivity index (χ3n) is 14.1. The maximum absolute atomic E-state index is 13.0. The Morgan fingerprint density at radius 2 is 0.879 bits per heavy atom. The third kappa shape index (κ3) is 10.1. The van der Waals surface area contributed by atoms with Crippen LogP contribution in [0.1, 0.15) is 146 Å². The van der Waals surface area contributed by atoms with Crippen molar-refractivity contribution in [2.24, 2.45) is 0 Å². The van der Waals surface area contributed by atoms with Crippen LogP contribution in [0.3, 0.4) is 0 Å². The fourth-order valence-electron chi connectivity index (χ4n) is 10.8.